The summed E-state index contributed by atoms with van der Waals surface area (Å²) in [5.41, 5.74) is 1.68. The fourth-order valence-corrected chi connectivity index (χ4v) is 3.76. The van der Waals surface area contributed by atoms with Crippen LogP contribution in [0.25, 0.3) is 11.0 Å². The van der Waals surface area contributed by atoms with Crippen molar-refractivity contribution >= 4 is 52.1 Å². The first-order valence-electron chi connectivity index (χ1n) is 6.04. The lowest BCUT2D eigenvalue weighted by Crippen LogP contribution is -2.10. The van der Waals surface area contributed by atoms with Crippen LogP contribution in [0, 0.1) is 0 Å². The highest BCUT2D eigenvalue weighted by Crippen LogP contribution is 2.32. The highest BCUT2D eigenvalue weighted by atomic mass is 35.5. The van der Waals surface area contributed by atoms with Gasteiger partial charge in [0.1, 0.15) is 0 Å². The Morgan fingerprint density at radius 1 is 1.55 bits per heavy atom. The van der Waals surface area contributed by atoms with Crippen molar-refractivity contribution in [2.75, 3.05) is 17.8 Å². The molecule has 1 heterocycles. The Labute approximate surface area is 130 Å². The number of halogens is 1. The predicted molar refractivity (Wildman–Crippen MR) is 86.2 cm³/mol. The number of carbonyl (C=O) groups is 1. The van der Waals surface area contributed by atoms with Crippen molar-refractivity contribution in [1.29, 1.82) is 0 Å². The fourth-order valence-electron chi connectivity index (χ4n) is 2.04. The van der Waals surface area contributed by atoms with Crippen LogP contribution >= 0.6 is 35.1 Å². The van der Waals surface area contributed by atoms with E-state index >= 15 is 0 Å². The summed E-state index contributed by atoms with van der Waals surface area (Å²) in [5, 5.41) is 10.2. The van der Waals surface area contributed by atoms with Crippen LogP contribution in [0.4, 0.5) is 0 Å². The van der Waals surface area contributed by atoms with E-state index in [2.05, 4.69) is 11.9 Å². The number of fused-ring (bicyclic) bond motifs is 1. The Hall–Kier alpha value is -0.850. The molecule has 0 amide bonds. The maximum absolute atomic E-state index is 10.8. The number of nitrogens with zero attached hydrogens (tertiary/aromatic N) is 2. The largest absolute Gasteiger partial charge is 0.481 e. The van der Waals surface area contributed by atoms with Crippen LogP contribution in [0.2, 0.25) is 5.02 Å². The zero-order valence-corrected chi connectivity index (χ0v) is 13.6. The van der Waals surface area contributed by atoms with Gasteiger partial charge >= 0.3 is 5.97 Å². The van der Waals surface area contributed by atoms with Gasteiger partial charge in [-0.05, 0) is 25.3 Å². The summed E-state index contributed by atoms with van der Waals surface area (Å²) in [6, 6.07) is 5.78. The minimum absolute atomic E-state index is 0.00702. The number of carboxylic acid groups (broad SMARTS) is 1. The zero-order chi connectivity index (χ0) is 14.7. The third kappa shape index (κ3) is 3.24. The number of aliphatic carboxylic acids is 1. The number of imidazole rings is 1. The summed E-state index contributed by atoms with van der Waals surface area (Å²) in [6.45, 7) is 2.09. The molecule has 1 aromatic carbocycles. The van der Waals surface area contributed by atoms with Gasteiger partial charge < -0.3 is 9.67 Å². The number of rotatable bonds is 6. The lowest BCUT2D eigenvalue weighted by atomic mass is 10.3. The van der Waals surface area contributed by atoms with E-state index in [9.17, 15) is 4.79 Å². The summed E-state index contributed by atoms with van der Waals surface area (Å²) < 4.78 is 2.04. The standard InChI is InChI=1S/C13H15ClN2O2S2/c1-8(6-19-2)16-12-9(14)4-3-5-10(12)15-13(16)20-7-11(17)18/h3-5,8H,6-7H2,1-2H3,(H,17,18). The van der Waals surface area contributed by atoms with Crippen molar-refractivity contribution < 1.29 is 9.90 Å². The van der Waals surface area contributed by atoms with Crippen LogP contribution in [-0.4, -0.2) is 38.4 Å². The van der Waals surface area contributed by atoms with Crippen LogP contribution < -0.4 is 0 Å². The van der Waals surface area contributed by atoms with Crippen molar-refractivity contribution in [3.05, 3.63) is 23.2 Å². The molecule has 20 heavy (non-hydrogen) atoms. The molecule has 0 saturated heterocycles. The van der Waals surface area contributed by atoms with Gasteiger partial charge in [-0.15, -0.1) is 0 Å². The molecule has 108 valence electrons. The summed E-state index contributed by atoms with van der Waals surface area (Å²) in [6.07, 6.45) is 2.04. The molecule has 0 aliphatic carbocycles. The summed E-state index contributed by atoms with van der Waals surface area (Å²) >= 11 is 9.26. The van der Waals surface area contributed by atoms with E-state index < -0.39 is 5.97 Å². The second-order valence-electron chi connectivity index (χ2n) is 4.36. The quantitative estimate of drug-likeness (QED) is 0.817. The molecular weight excluding hydrogens is 316 g/mol. The number of benzene rings is 1. The third-order valence-electron chi connectivity index (χ3n) is 2.80. The van der Waals surface area contributed by atoms with Gasteiger partial charge in [-0.3, -0.25) is 4.79 Å². The average Bonchev–Trinajstić information content (AvgIpc) is 2.76. The minimum Gasteiger partial charge on any atom is -0.481 e. The molecule has 4 nitrogen and oxygen atoms in total. The highest BCUT2D eigenvalue weighted by molar-refractivity contribution is 7.99. The molecule has 7 heteroatoms. The molecular formula is C13H15ClN2O2S2. The minimum atomic E-state index is -0.850. The highest BCUT2D eigenvalue weighted by Gasteiger charge is 2.18. The predicted octanol–water partition coefficient (Wildman–Crippen LogP) is 3.79. The molecule has 0 fully saturated rings. The molecule has 0 spiro atoms. The van der Waals surface area contributed by atoms with Crippen LogP contribution in [-0.2, 0) is 4.79 Å². The molecule has 1 aromatic heterocycles. The molecule has 1 unspecified atom stereocenters. The summed E-state index contributed by atoms with van der Waals surface area (Å²) in [5.74, 6) is 0.0572. The lowest BCUT2D eigenvalue weighted by molar-refractivity contribution is -0.133. The summed E-state index contributed by atoms with van der Waals surface area (Å²) in [7, 11) is 0. The molecule has 0 saturated carbocycles. The van der Waals surface area contributed by atoms with E-state index in [1.54, 1.807) is 11.8 Å². The number of thioether (sulfide) groups is 2. The molecule has 0 aliphatic heterocycles. The van der Waals surface area contributed by atoms with Gasteiger partial charge in [0.2, 0.25) is 0 Å². The monoisotopic (exact) mass is 330 g/mol. The van der Waals surface area contributed by atoms with Gasteiger partial charge in [-0.1, -0.05) is 29.4 Å². The van der Waals surface area contributed by atoms with Gasteiger partial charge in [0.05, 0.1) is 21.8 Å². The zero-order valence-electron chi connectivity index (χ0n) is 11.2. The topological polar surface area (TPSA) is 55.1 Å². The Morgan fingerprint density at radius 2 is 2.30 bits per heavy atom. The number of hydrogen-bond acceptors (Lipinski definition) is 4. The first kappa shape index (κ1) is 15.5. The molecule has 0 bridgehead atoms. The van der Waals surface area contributed by atoms with Crippen molar-refractivity contribution in [3.63, 3.8) is 0 Å². The molecule has 2 aromatic rings. The number of hydrogen-bond donors (Lipinski definition) is 1. The van der Waals surface area contributed by atoms with E-state index in [0.29, 0.717) is 10.2 Å². The molecule has 2 rings (SSSR count). The summed E-state index contributed by atoms with van der Waals surface area (Å²) in [4.78, 5) is 15.3. The van der Waals surface area contributed by atoms with E-state index in [-0.39, 0.29) is 11.8 Å². The lowest BCUT2D eigenvalue weighted by Gasteiger charge is -2.16. The maximum Gasteiger partial charge on any atom is 0.313 e. The number of carboxylic acids is 1. The number of para-hydroxylation sites is 1. The van der Waals surface area contributed by atoms with E-state index in [4.69, 9.17) is 16.7 Å². The maximum atomic E-state index is 10.8. The number of aromatic nitrogens is 2. The van der Waals surface area contributed by atoms with Crippen LogP contribution in [0.1, 0.15) is 13.0 Å². The van der Waals surface area contributed by atoms with Crippen molar-refractivity contribution in [1.82, 2.24) is 9.55 Å². The van der Waals surface area contributed by atoms with E-state index in [1.165, 1.54) is 11.8 Å². The third-order valence-corrected chi connectivity index (χ3v) is 4.86. The Kier molecular flexibility index (Phi) is 5.23. The van der Waals surface area contributed by atoms with Gasteiger partial charge in [0.15, 0.2) is 5.16 Å². The van der Waals surface area contributed by atoms with Crippen molar-refractivity contribution in [3.8, 4) is 0 Å². The fraction of sp³-hybridized carbons (Fsp3) is 0.385. The first-order chi connectivity index (χ1) is 9.54. The van der Waals surface area contributed by atoms with Gasteiger partial charge in [-0.25, -0.2) is 4.98 Å². The first-order valence-corrected chi connectivity index (χ1v) is 8.80. The van der Waals surface area contributed by atoms with Gasteiger partial charge in [-0.2, -0.15) is 11.8 Å². The molecule has 1 atom stereocenters. The van der Waals surface area contributed by atoms with Crippen LogP contribution in [0.15, 0.2) is 23.4 Å². The Bertz CT molecular complexity index is 630. The molecule has 0 radical (unpaired) electrons. The second-order valence-corrected chi connectivity index (χ2v) is 6.62. The average molecular weight is 331 g/mol. The SMILES string of the molecule is CSCC(C)n1c(SCC(=O)O)nc2cccc(Cl)c21. The van der Waals surface area contributed by atoms with Crippen LogP contribution in [0.3, 0.4) is 0 Å². The molecule has 1 N–H and O–H groups in total. The van der Waals surface area contributed by atoms with E-state index in [0.717, 1.165) is 16.8 Å². The Balaban J connectivity index is 2.51. The molecule has 0 aliphatic rings. The normalized spacial score (nSPS) is 12.8. The smallest absolute Gasteiger partial charge is 0.313 e. The van der Waals surface area contributed by atoms with E-state index in [1.807, 2.05) is 29.0 Å². The van der Waals surface area contributed by atoms with Crippen LogP contribution in [0.5, 0.6) is 0 Å². The van der Waals surface area contributed by atoms with Crippen molar-refractivity contribution in [2.45, 2.75) is 18.1 Å². The van der Waals surface area contributed by atoms with Gasteiger partial charge in [0.25, 0.3) is 0 Å². The second kappa shape index (κ2) is 6.74. The van der Waals surface area contributed by atoms with Crippen molar-refractivity contribution in [2.24, 2.45) is 0 Å². The van der Waals surface area contributed by atoms with Gasteiger partial charge in [0, 0.05) is 11.8 Å². The Morgan fingerprint density at radius 3 is 2.95 bits per heavy atom.